The lowest BCUT2D eigenvalue weighted by Gasteiger charge is -2.26. The lowest BCUT2D eigenvalue weighted by molar-refractivity contribution is -0.141. The summed E-state index contributed by atoms with van der Waals surface area (Å²) in [5.41, 5.74) is 2.40. The van der Waals surface area contributed by atoms with Crippen molar-refractivity contribution in [3.8, 4) is 5.75 Å². The zero-order valence-corrected chi connectivity index (χ0v) is 15.4. The van der Waals surface area contributed by atoms with Crippen LogP contribution in [-0.2, 0) is 20.4 Å². The van der Waals surface area contributed by atoms with Crippen LogP contribution in [0.15, 0.2) is 17.1 Å². The van der Waals surface area contributed by atoms with E-state index in [9.17, 15) is 9.90 Å². The number of esters is 1. The highest BCUT2D eigenvalue weighted by molar-refractivity contribution is 5.86. The van der Waals surface area contributed by atoms with E-state index in [1.165, 1.54) is 0 Å². The van der Waals surface area contributed by atoms with Crippen LogP contribution in [0.3, 0.4) is 0 Å². The van der Waals surface area contributed by atoms with E-state index in [0.717, 1.165) is 11.1 Å². The van der Waals surface area contributed by atoms with Crippen LogP contribution in [0.2, 0.25) is 0 Å². The van der Waals surface area contributed by atoms with Crippen LogP contribution in [0.1, 0.15) is 65.2 Å². The van der Waals surface area contributed by atoms with Gasteiger partial charge in [0.25, 0.3) is 0 Å². The SMILES string of the molecule is CCOC(=O)CN=Cc1cc(C(C)(C)C)cc(C(C)(C)C)c1O. The van der Waals surface area contributed by atoms with Crippen LogP contribution in [0.25, 0.3) is 0 Å². The number of hydrogen-bond acceptors (Lipinski definition) is 4. The van der Waals surface area contributed by atoms with Crippen molar-refractivity contribution in [1.29, 1.82) is 0 Å². The molecular weight excluding hydrogens is 290 g/mol. The number of aliphatic imine (C=N–C) groups is 1. The Morgan fingerprint density at radius 3 is 2.26 bits per heavy atom. The Bertz CT molecular complexity index is 590. The Morgan fingerprint density at radius 1 is 1.17 bits per heavy atom. The molecule has 0 saturated carbocycles. The molecule has 4 nitrogen and oxygen atoms in total. The summed E-state index contributed by atoms with van der Waals surface area (Å²) in [4.78, 5) is 15.5. The minimum atomic E-state index is -0.369. The number of benzene rings is 1. The Balaban J connectivity index is 3.25. The molecule has 1 aromatic rings. The molecule has 1 aromatic carbocycles. The van der Waals surface area contributed by atoms with E-state index in [1.807, 2.05) is 6.07 Å². The first kappa shape index (κ1) is 19.2. The number of carbonyl (C=O) groups is 1. The first-order chi connectivity index (χ1) is 10.5. The molecule has 0 radical (unpaired) electrons. The van der Waals surface area contributed by atoms with Gasteiger partial charge in [0.2, 0.25) is 0 Å². The summed E-state index contributed by atoms with van der Waals surface area (Å²) in [6.07, 6.45) is 1.55. The molecule has 0 heterocycles. The van der Waals surface area contributed by atoms with Crippen molar-refractivity contribution >= 4 is 12.2 Å². The van der Waals surface area contributed by atoms with Crippen molar-refractivity contribution in [1.82, 2.24) is 0 Å². The molecule has 1 N–H and O–H groups in total. The lowest BCUT2D eigenvalue weighted by atomic mass is 9.79. The molecule has 0 aromatic heterocycles. The number of nitrogens with zero attached hydrogens (tertiary/aromatic N) is 1. The first-order valence-electron chi connectivity index (χ1n) is 8.00. The number of phenols is 1. The molecule has 1 rings (SSSR count). The minimum absolute atomic E-state index is 0.0438. The van der Waals surface area contributed by atoms with Gasteiger partial charge in [-0.1, -0.05) is 47.6 Å². The molecule has 0 aliphatic carbocycles. The maximum Gasteiger partial charge on any atom is 0.327 e. The lowest BCUT2D eigenvalue weighted by Crippen LogP contribution is -2.17. The average molecular weight is 319 g/mol. The fourth-order valence-corrected chi connectivity index (χ4v) is 2.19. The average Bonchev–Trinajstić information content (AvgIpc) is 2.38. The van der Waals surface area contributed by atoms with Gasteiger partial charge in [-0.2, -0.15) is 0 Å². The highest BCUT2D eigenvalue weighted by atomic mass is 16.5. The third-order valence-corrected chi connectivity index (χ3v) is 3.57. The summed E-state index contributed by atoms with van der Waals surface area (Å²) < 4.78 is 4.85. The normalized spacial score (nSPS) is 12.7. The van der Waals surface area contributed by atoms with E-state index < -0.39 is 0 Å². The molecule has 23 heavy (non-hydrogen) atoms. The fourth-order valence-electron chi connectivity index (χ4n) is 2.19. The second kappa shape index (κ2) is 7.16. The summed E-state index contributed by atoms with van der Waals surface area (Å²) in [5.74, 6) is -0.149. The summed E-state index contributed by atoms with van der Waals surface area (Å²) in [6, 6.07) is 3.98. The number of ether oxygens (including phenoxy) is 1. The van der Waals surface area contributed by atoms with Crippen LogP contribution in [0.4, 0.5) is 0 Å². The van der Waals surface area contributed by atoms with E-state index in [0.29, 0.717) is 12.2 Å². The van der Waals surface area contributed by atoms with Crippen LogP contribution < -0.4 is 0 Å². The quantitative estimate of drug-likeness (QED) is 0.675. The van der Waals surface area contributed by atoms with Gasteiger partial charge in [-0.05, 0) is 29.4 Å². The predicted octanol–water partition coefficient (Wildman–Crippen LogP) is 3.97. The largest absolute Gasteiger partial charge is 0.507 e. The van der Waals surface area contributed by atoms with E-state index in [-0.39, 0.29) is 29.1 Å². The zero-order chi connectivity index (χ0) is 17.8. The van der Waals surface area contributed by atoms with Gasteiger partial charge in [-0.3, -0.25) is 9.79 Å². The molecule has 0 bridgehead atoms. The summed E-state index contributed by atoms with van der Waals surface area (Å²) in [7, 11) is 0. The zero-order valence-electron chi connectivity index (χ0n) is 15.4. The standard InChI is InChI=1S/C19H29NO3/c1-8-23-16(21)12-20-11-13-9-14(18(2,3)4)10-15(17(13)22)19(5,6)7/h9-11,22H,8,12H2,1-7H3. The van der Waals surface area contributed by atoms with Crippen molar-refractivity contribution in [2.75, 3.05) is 13.2 Å². The molecule has 0 atom stereocenters. The van der Waals surface area contributed by atoms with Crippen molar-refractivity contribution < 1.29 is 14.6 Å². The Labute approximate surface area is 139 Å². The van der Waals surface area contributed by atoms with Gasteiger partial charge in [0.15, 0.2) is 0 Å². The molecule has 0 spiro atoms. The third-order valence-electron chi connectivity index (χ3n) is 3.57. The monoisotopic (exact) mass is 319 g/mol. The van der Waals surface area contributed by atoms with Crippen LogP contribution in [0.5, 0.6) is 5.75 Å². The maximum atomic E-state index is 11.4. The van der Waals surface area contributed by atoms with Gasteiger partial charge in [0, 0.05) is 17.3 Å². The van der Waals surface area contributed by atoms with Crippen LogP contribution in [0, 0.1) is 0 Å². The van der Waals surface area contributed by atoms with Gasteiger partial charge < -0.3 is 9.84 Å². The minimum Gasteiger partial charge on any atom is -0.507 e. The Kier molecular flexibility index (Phi) is 5.98. The van der Waals surface area contributed by atoms with E-state index in [1.54, 1.807) is 13.1 Å². The number of phenolic OH excluding ortho intramolecular Hbond substituents is 1. The van der Waals surface area contributed by atoms with Crippen molar-refractivity contribution in [2.45, 2.75) is 59.3 Å². The van der Waals surface area contributed by atoms with Crippen LogP contribution in [-0.4, -0.2) is 30.4 Å². The highest BCUT2D eigenvalue weighted by Gasteiger charge is 2.24. The second-order valence-corrected chi connectivity index (χ2v) is 7.74. The first-order valence-corrected chi connectivity index (χ1v) is 8.00. The van der Waals surface area contributed by atoms with Gasteiger partial charge >= 0.3 is 5.97 Å². The van der Waals surface area contributed by atoms with Crippen LogP contribution >= 0.6 is 0 Å². The number of carbonyl (C=O) groups excluding carboxylic acids is 1. The molecule has 0 aliphatic heterocycles. The van der Waals surface area contributed by atoms with Crippen molar-refractivity contribution in [3.63, 3.8) is 0 Å². The predicted molar refractivity (Wildman–Crippen MR) is 94.6 cm³/mol. The molecule has 0 saturated heterocycles. The summed E-state index contributed by atoms with van der Waals surface area (Å²) >= 11 is 0. The molecular formula is C19H29NO3. The maximum absolute atomic E-state index is 11.4. The number of hydrogen-bond donors (Lipinski definition) is 1. The molecule has 0 aliphatic rings. The van der Waals surface area contributed by atoms with E-state index in [2.05, 4.69) is 52.6 Å². The third kappa shape index (κ3) is 5.38. The molecule has 0 unspecified atom stereocenters. The van der Waals surface area contributed by atoms with Gasteiger partial charge in [0.05, 0.1) is 6.61 Å². The van der Waals surface area contributed by atoms with Crippen molar-refractivity contribution in [3.05, 3.63) is 28.8 Å². The molecule has 0 fully saturated rings. The topological polar surface area (TPSA) is 58.9 Å². The van der Waals surface area contributed by atoms with Gasteiger partial charge in [-0.25, -0.2) is 0 Å². The summed E-state index contributed by atoms with van der Waals surface area (Å²) in [5, 5.41) is 10.6. The molecule has 4 heteroatoms. The Morgan fingerprint density at radius 2 is 1.78 bits per heavy atom. The number of aromatic hydroxyl groups is 1. The van der Waals surface area contributed by atoms with Gasteiger partial charge in [-0.15, -0.1) is 0 Å². The number of rotatable bonds is 4. The van der Waals surface area contributed by atoms with Crippen molar-refractivity contribution in [2.24, 2.45) is 4.99 Å². The second-order valence-electron chi connectivity index (χ2n) is 7.74. The molecule has 128 valence electrons. The highest BCUT2D eigenvalue weighted by Crippen LogP contribution is 2.37. The summed E-state index contributed by atoms with van der Waals surface area (Å²) in [6.45, 7) is 14.6. The fraction of sp³-hybridized carbons (Fsp3) is 0.579. The Hall–Kier alpha value is -1.84. The van der Waals surface area contributed by atoms with Gasteiger partial charge in [0.1, 0.15) is 12.3 Å². The van der Waals surface area contributed by atoms with E-state index >= 15 is 0 Å². The smallest absolute Gasteiger partial charge is 0.327 e. The van der Waals surface area contributed by atoms with E-state index in [4.69, 9.17) is 4.74 Å². The molecule has 0 amide bonds.